The Bertz CT molecular complexity index is 372. The fourth-order valence-electron chi connectivity index (χ4n) is 1.70. The van der Waals surface area contributed by atoms with Crippen LogP contribution in [-0.2, 0) is 16.1 Å². The molecular weight excluding hydrogens is 276 g/mol. The normalized spacial score (nSPS) is 22.4. The van der Waals surface area contributed by atoms with Crippen LogP contribution in [0.25, 0.3) is 0 Å². The number of nitrogens with zero attached hydrogens (tertiary/aromatic N) is 2. The lowest BCUT2D eigenvalue weighted by molar-refractivity contribution is 0.0292. The highest BCUT2D eigenvalue weighted by molar-refractivity contribution is 7.91. The number of ether oxygens (including phenoxy) is 1. The lowest BCUT2D eigenvalue weighted by Gasteiger charge is -2.24. The first kappa shape index (κ1) is 17.3. The summed E-state index contributed by atoms with van der Waals surface area (Å²) in [5.74, 6) is 0.161. The molecule has 0 spiro atoms. The number of hydrogen-bond donors (Lipinski definition) is 0. The van der Waals surface area contributed by atoms with Crippen LogP contribution in [0.2, 0.25) is 0 Å². The Morgan fingerprint density at radius 2 is 1.95 bits per heavy atom. The summed E-state index contributed by atoms with van der Waals surface area (Å²) in [6.07, 6.45) is 2.28. The van der Waals surface area contributed by atoms with Crippen molar-refractivity contribution in [1.29, 1.82) is 0 Å². The van der Waals surface area contributed by atoms with E-state index in [4.69, 9.17) is 4.74 Å². The van der Waals surface area contributed by atoms with Crippen molar-refractivity contribution in [2.24, 2.45) is 10.3 Å². The molecule has 1 rings (SSSR count). The van der Waals surface area contributed by atoms with E-state index in [0.29, 0.717) is 13.1 Å². The molecule has 0 aromatic rings. The smallest absolute Gasteiger partial charge is 0.410 e. The minimum Gasteiger partial charge on any atom is -0.591 e. The molecule has 1 unspecified atom stereocenters. The minimum atomic E-state index is -1.24. The summed E-state index contributed by atoms with van der Waals surface area (Å²) in [7, 11) is 0. The second-order valence-corrected chi connectivity index (χ2v) is 9.02. The van der Waals surface area contributed by atoms with Gasteiger partial charge in [0.1, 0.15) is 21.7 Å². The molecule has 0 aromatic heterocycles. The maximum atomic E-state index is 11.9. The van der Waals surface area contributed by atoms with Gasteiger partial charge < -0.3 is 14.2 Å². The quantitative estimate of drug-likeness (QED) is 0.582. The maximum Gasteiger partial charge on any atom is 0.410 e. The van der Waals surface area contributed by atoms with Gasteiger partial charge in [0.2, 0.25) is 0 Å². The van der Waals surface area contributed by atoms with E-state index in [1.165, 1.54) is 0 Å². The average molecular weight is 302 g/mol. The molecule has 1 saturated heterocycles. The average Bonchev–Trinajstić information content (AvgIpc) is 2.70. The molecule has 0 bridgehead atoms. The lowest BCUT2D eigenvalue weighted by Crippen LogP contribution is -2.35. The van der Waals surface area contributed by atoms with Crippen LogP contribution in [-0.4, -0.2) is 45.2 Å². The highest BCUT2D eigenvalue weighted by Gasteiger charge is 2.30. The van der Waals surface area contributed by atoms with Gasteiger partial charge in [0.15, 0.2) is 0 Å². The van der Waals surface area contributed by atoms with Gasteiger partial charge in [0.25, 0.3) is 0 Å². The van der Waals surface area contributed by atoms with Crippen molar-refractivity contribution >= 4 is 23.7 Å². The van der Waals surface area contributed by atoms with Gasteiger partial charge in [-0.3, -0.25) is 0 Å². The first-order valence-electron chi connectivity index (χ1n) is 6.93. The van der Waals surface area contributed by atoms with Crippen LogP contribution in [0.15, 0.2) is 4.40 Å². The van der Waals surface area contributed by atoms with Gasteiger partial charge in [-0.2, -0.15) is 0 Å². The number of carbonyl (C=O) groups is 1. The zero-order chi connectivity index (χ0) is 15.6. The molecule has 1 aliphatic heterocycles. The van der Waals surface area contributed by atoms with Gasteiger partial charge in [0, 0.05) is 19.0 Å². The van der Waals surface area contributed by atoms with Gasteiger partial charge in [-0.1, -0.05) is 4.40 Å². The Morgan fingerprint density at radius 3 is 2.45 bits per heavy atom. The summed E-state index contributed by atoms with van der Waals surface area (Å²) in [6, 6.07) is 0. The van der Waals surface area contributed by atoms with Gasteiger partial charge in [0.05, 0.1) is 6.21 Å². The fraction of sp³-hybridized carbons (Fsp3) is 0.857. The maximum absolute atomic E-state index is 11.9. The molecule has 1 amide bonds. The molecule has 20 heavy (non-hydrogen) atoms. The van der Waals surface area contributed by atoms with Crippen molar-refractivity contribution in [1.82, 2.24) is 4.90 Å². The van der Waals surface area contributed by atoms with Gasteiger partial charge >= 0.3 is 6.09 Å². The van der Waals surface area contributed by atoms with Crippen molar-refractivity contribution in [3.05, 3.63) is 0 Å². The highest BCUT2D eigenvalue weighted by Crippen LogP contribution is 2.20. The lowest BCUT2D eigenvalue weighted by atomic mass is 10.1. The number of amides is 1. The van der Waals surface area contributed by atoms with Crippen molar-refractivity contribution in [3.63, 3.8) is 0 Å². The molecule has 0 saturated carbocycles. The summed E-state index contributed by atoms with van der Waals surface area (Å²) < 4.78 is 20.9. The predicted octanol–water partition coefficient (Wildman–Crippen LogP) is 2.78. The number of carbonyl (C=O) groups excluding carboxylic acids is 1. The molecule has 0 aromatic carbocycles. The molecular formula is C14H26N2O3S. The van der Waals surface area contributed by atoms with Crippen LogP contribution in [0.4, 0.5) is 4.79 Å². The third kappa shape index (κ3) is 5.71. The Balaban J connectivity index is 2.48. The van der Waals surface area contributed by atoms with E-state index in [9.17, 15) is 9.35 Å². The van der Waals surface area contributed by atoms with E-state index in [1.807, 2.05) is 41.5 Å². The predicted molar refractivity (Wildman–Crippen MR) is 82.3 cm³/mol. The van der Waals surface area contributed by atoms with Crippen LogP contribution >= 0.6 is 0 Å². The summed E-state index contributed by atoms with van der Waals surface area (Å²) in [5, 5.41) is 0. The SMILES string of the molecule is CC(C)(C)OC(=O)N1CC[C@@H](C=N[S+]([O-])C(C)(C)C)C1. The van der Waals surface area contributed by atoms with Crippen molar-refractivity contribution in [3.8, 4) is 0 Å². The van der Waals surface area contributed by atoms with E-state index in [-0.39, 0.29) is 16.8 Å². The molecule has 1 fully saturated rings. The second kappa shape index (κ2) is 6.35. The topological polar surface area (TPSA) is 65.0 Å². The van der Waals surface area contributed by atoms with Gasteiger partial charge in [-0.25, -0.2) is 4.79 Å². The molecule has 1 heterocycles. The Labute approximate surface area is 125 Å². The van der Waals surface area contributed by atoms with E-state index >= 15 is 0 Å². The Morgan fingerprint density at radius 1 is 1.35 bits per heavy atom. The molecule has 0 aliphatic carbocycles. The molecule has 2 atom stereocenters. The molecule has 0 radical (unpaired) electrons. The molecule has 6 heteroatoms. The van der Waals surface area contributed by atoms with Crippen molar-refractivity contribution < 1.29 is 14.1 Å². The van der Waals surface area contributed by atoms with Crippen LogP contribution < -0.4 is 0 Å². The third-order valence-corrected chi connectivity index (χ3v) is 4.13. The van der Waals surface area contributed by atoms with Crippen LogP contribution in [0, 0.1) is 5.92 Å². The van der Waals surface area contributed by atoms with Crippen LogP contribution in [0.1, 0.15) is 48.0 Å². The highest BCUT2D eigenvalue weighted by atomic mass is 32.2. The summed E-state index contributed by atoms with van der Waals surface area (Å²) >= 11 is -1.24. The van der Waals surface area contributed by atoms with Crippen LogP contribution in [0.5, 0.6) is 0 Å². The van der Waals surface area contributed by atoms with E-state index in [1.54, 1.807) is 11.1 Å². The summed E-state index contributed by atoms with van der Waals surface area (Å²) in [6.45, 7) is 12.5. The van der Waals surface area contributed by atoms with Gasteiger partial charge in [-0.05, 0) is 48.0 Å². The Hall–Kier alpha value is -0.750. The van der Waals surface area contributed by atoms with Crippen molar-refractivity contribution in [2.75, 3.05) is 13.1 Å². The Kier molecular flexibility index (Phi) is 5.49. The number of likely N-dealkylation sites (tertiary alicyclic amines) is 1. The largest absolute Gasteiger partial charge is 0.591 e. The summed E-state index contributed by atoms with van der Waals surface area (Å²) in [4.78, 5) is 13.6. The van der Waals surface area contributed by atoms with Gasteiger partial charge in [-0.15, -0.1) is 0 Å². The molecule has 5 nitrogen and oxygen atoms in total. The summed E-state index contributed by atoms with van der Waals surface area (Å²) in [5.41, 5.74) is -0.475. The third-order valence-electron chi connectivity index (χ3n) is 2.77. The first-order valence-corrected chi connectivity index (χ1v) is 8.04. The zero-order valence-electron chi connectivity index (χ0n) is 13.3. The number of rotatable bonds is 2. The number of hydrogen-bond acceptors (Lipinski definition) is 4. The van der Waals surface area contributed by atoms with Crippen molar-refractivity contribution in [2.45, 2.75) is 58.3 Å². The molecule has 1 aliphatic rings. The monoisotopic (exact) mass is 302 g/mol. The molecule has 116 valence electrons. The van der Waals surface area contributed by atoms with E-state index < -0.39 is 17.0 Å². The fourth-order valence-corrected chi connectivity index (χ4v) is 2.30. The molecule has 0 N–H and O–H groups in total. The van der Waals surface area contributed by atoms with E-state index in [0.717, 1.165) is 6.42 Å². The zero-order valence-corrected chi connectivity index (χ0v) is 14.1. The minimum absolute atomic E-state index is 0.161. The van der Waals surface area contributed by atoms with E-state index in [2.05, 4.69) is 4.40 Å². The second-order valence-electron chi connectivity index (χ2n) is 7.09. The standard InChI is InChI=1S/C14H26N2O3S/c1-13(2,3)19-12(17)16-8-7-11(10-16)9-15-20(18)14(4,5)6/h9,11H,7-8,10H2,1-6H3/t11-,20?/m0/s1. The van der Waals surface area contributed by atoms with Crippen LogP contribution in [0.3, 0.4) is 0 Å². The first-order chi connectivity index (χ1) is 8.99.